The Morgan fingerprint density at radius 3 is 2.83 bits per heavy atom. The number of para-hydroxylation sites is 1. The lowest BCUT2D eigenvalue weighted by molar-refractivity contribution is -0.135. The van der Waals surface area contributed by atoms with Gasteiger partial charge < -0.3 is 20.1 Å². The van der Waals surface area contributed by atoms with Gasteiger partial charge in [-0.2, -0.15) is 0 Å². The van der Waals surface area contributed by atoms with Crippen LogP contribution in [0.1, 0.15) is 38.2 Å². The van der Waals surface area contributed by atoms with Gasteiger partial charge >= 0.3 is 0 Å². The SMILES string of the molecule is CCCC(N)C(=O)N(Cc1ccccc1OC)CC1CCCO1.Cl. The van der Waals surface area contributed by atoms with Crippen LogP contribution in [0.4, 0.5) is 0 Å². The monoisotopic (exact) mass is 356 g/mol. The predicted molar refractivity (Wildman–Crippen MR) is 97.5 cm³/mol. The summed E-state index contributed by atoms with van der Waals surface area (Å²) >= 11 is 0. The topological polar surface area (TPSA) is 64.8 Å². The second-order valence-electron chi connectivity index (χ2n) is 6.06. The number of carbonyl (C=O) groups excluding carboxylic acids is 1. The largest absolute Gasteiger partial charge is 0.496 e. The van der Waals surface area contributed by atoms with Gasteiger partial charge in [0.05, 0.1) is 19.3 Å². The van der Waals surface area contributed by atoms with Gasteiger partial charge in [-0.3, -0.25) is 4.79 Å². The maximum atomic E-state index is 12.7. The predicted octanol–water partition coefficient (Wildman–Crippen LogP) is 2.75. The van der Waals surface area contributed by atoms with Gasteiger partial charge in [0.2, 0.25) is 5.91 Å². The molecule has 136 valence electrons. The average molecular weight is 357 g/mol. The third-order valence-electron chi connectivity index (χ3n) is 4.23. The Kier molecular flexibility index (Phi) is 9.11. The minimum Gasteiger partial charge on any atom is -0.496 e. The minimum absolute atomic E-state index is 0. The molecule has 0 aliphatic carbocycles. The molecule has 0 aromatic heterocycles. The van der Waals surface area contributed by atoms with Gasteiger partial charge in [0.1, 0.15) is 5.75 Å². The van der Waals surface area contributed by atoms with Crippen molar-refractivity contribution in [1.82, 2.24) is 4.90 Å². The number of carbonyl (C=O) groups is 1. The molecule has 1 fully saturated rings. The summed E-state index contributed by atoms with van der Waals surface area (Å²) in [6.45, 7) is 3.91. The first-order chi connectivity index (χ1) is 11.2. The van der Waals surface area contributed by atoms with Crippen LogP contribution in [0.3, 0.4) is 0 Å². The Labute approximate surface area is 150 Å². The Hall–Kier alpha value is -1.30. The molecule has 2 N–H and O–H groups in total. The first-order valence-corrected chi connectivity index (χ1v) is 8.43. The van der Waals surface area contributed by atoms with Crippen LogP contribution in [0.5, 0.6) is 5.75 Å². The Balaban J connectivity index is 0.00000288. The van der Waals surface area contributed by atoms with E-state index < -0.39 is 6.04 Å². The molecule has 6 heteroatoms. The molecule has 0 radical (unpaired) electrons. The summed E-state index contributed by atoms with van der Waals surface area (Å²) < 4.78 is 11.1. The first kappa shape index (κ1) is 20.7. The molecule has 24 heavy (non-hydrogen) atoms. The summed E-state index contributed by atoms with van der Waals surface area (Å²) in [5, 5.41) is 0. The maximum Gasteiger partial charge on any atom is 0.239 e. The number of ether oxygens (including phenoxy) is 2. The van der Waals surface area contributed by atoms with Gasteiger partial charge in [0, 0.05) is 25.3 Å². The van der Waals surface area contributed by atoms with Crippen molar-refractivity contribution >= 4 is 18.3 Å². The molecule has 2 rings (SSSR count). The van der Waals surface area contributed by atoms with Crippen LogP contribution in [0, 0.1) is 0 Å². The zero-order valence-corrected chi connectivity index (χ0v) is 15.4. The molecule has 1 aliphatic heterocycles. The van der Waals surface area contributed by atoms with Gasteiger partial charge in [-0.05, 0) is 25.3 Å². The number of rotatable bonds is 8. The van der Waals surface area contributed by atoms with E-state index in [0.717, 1.165) is 37.2 Å². The molecular formula is C18H29ClN2O3. The van der Waals surface area contributed by atoms with Gasteiger partial charge in [0.25, 0.3) is 0 Å². The van der Waals surface area contributed by atoms with Crippen LogP contribution in [0.2, 0.25) is 0 Å². The number of nitrogens with two attached hydrogens (primary N) is 1. The number of halogens is 1. The van der Waals surface area contributed by atoms with Crippen LogP contribution < -0.4 is 10.5 Å². The zero-order chi connectivity index (χ0) is 16.7. The van der Waals surface area contributed by atoms with Gasteiger partial charge in [-0.15, -0.1) is 12.4 Å². The minimum atomic E-state index is -0.448. The highest BCUT2D eigenvalue weighted by atomic mass is 35.5. The zero-order valence-electron chi connectivity index (χ0n) is 14.6. The van der Waals surface area contributed by atoms with E-state index in [2.05, 4.69) is 0 Å². The Morgan fingerprint density at radius 1 is 1.46 bits per heavy atom. The highest BCUT2D eigenvalue weighted by Gasteiger charge is 2.26. The van der Waals surface area contributed by atoms with Crippen molar-refractivity contribution in [2.75, 3.05) is 20.3 Å². The second kappa shape index (κ2) is 10.5. The van der Waals surface area contributed by atoms with Gasteiger partial charge in [0.15, 0.2) is 0 Å². The molecule has 1 amide bonds. The molecule has 0 bridgehead atoms. The summed E-state index contributed by atoms with van der Waals surface area (Å²) in [5.74, 6) is 0.787. The third-order valence-corrected chi connectivity index (χ3v) is 4.23. The van der Waals surface area contributed by atoms with Crippen LogP contribution in [-0.4, -0.2) is 43.2 Å². The molecule has 0 spiro atoms. The molecule has 1 aromatic carbocycles. The molecule has 1 aliphatic rings. The summed E-state index contributed by atoms with van der Waals surface area (Å²) in [6, 6.07) is 7.34. The summed E-state index contributed by atoms with van der Waals surface area (Å²) in [4.78, 5) is 14.6. The maximum absolute atomic E-state index is 12.7. The van der Waals surface area contributed by atoms with E-state index in [-0.39, 0.29) is 24.4 Å². The number of nitrogens with zero attached hydrogens (tertiary/aromatic N) is 1. The number of hydrogen-bond acceptors (Lipinski definition) is 4. The summed E-state index contributed by atoms with van der Waals surface area (Å²) in [5.41, 5.74) is 7.05. The molecule has 1 heterocycles. The molecule has 2 unspecified atom stereocenters. The van der Waals surface area contributed by atoms with Crippen molar-refractivity contribution in [2.45, 2.75) is 51.3 Å². The number of hydrogen-bond donors (Lipinski definition) is 1. The highest BCUT2D eigenvalue weighted by molar-refractivity contribution is 5.85. The lowest BCUT2D eigenvalue weighted by Crippen LogP contribution is -2.46. The molecular weight excluding hydrogens is 328 g/mol. The van der Waals surface area contributed by atoms with E-state index >= 15 is 0 Å². The van der Waals surface area contributed by atoms with E-state index in [9.17, 15) is 4.79 Å². The van der Waals surface area contributed by atoms with Gasteiger partial charge in [-0.1, -0.05) is 31.5 Å². The fraction of sp³-hybridized carbons (Fsp3) is 0.611. The Morgan fingerprint density at radius 2 is 2.21 bits per heavy atom. The van der Waals surface area contributed by atoms with Crippen LogP contribution in [-0.2, 0) is 16.1 Å². The molecule has 2 atom stereocenters. The van der Waals surface area contributed by atoms with E-state index in [1.807, 2.05) is 36.1 Å². The van der Waals surface area contributed by atoms with Crippen molar-refractivity contribution < 1.29 is 14.3 Å². The van der Waals surface area contributed by atoms with Crippen LogP contribution >= 0.6 is 12.4 Å². The number of methoxy groups -OCH3 is 1. The molecule has 1 saturated heterocycles. The van der Waals surface area contributed by atoms with E-state index in [4.69, 9.17) is 15.2 Å². The summed E-state index contributed by atoms with van der Waals surface area (Å²) in [7, 11) is 1.65. The van der Waals surface area contributed by atoms with Crippen molar-refractivity contribution in [2.24, 2.45) is 5.73 Å². The van der Waals surface area contributed by atoms with Crippen molar-refractivity contribution in [3.8, 4) is 5.75 Å². The standard InChI is InChI=1S/C18H28N2O3.ClH/c1-3-7-16(19)18(21)20(13-15-9-6-11-23-15)12-14-8-4-5-10-17(14)22-2;/h4-5,8,10,15-16H,3,6-7,9,11-13,19H2,1-2H3;1H. The van der Waals surface area contributed by atoms with Gasteiger partial charge in [-0.25, -0.2) is 0 Å². The van der Waals surface area contributed by atoms with E-state index in [0.29, 0.717) is 19.5 Å². The summed E-state index contributed by atoms with van der Waals surface area (Å²) in [6.07, 6.45) is 3.77. The second-order valence-corrected chi connectivity index (χ2v) is 6.06. The Bertz CT molecular complexity index is 507. The number of benzene rings is 1. The van der Waals surface area contributed by atoms with Crippen molar-refractivity contribution in [3.63, 3.8) is 0 Å². The lowest BCUT2D eigenvalue weighted by atomic mass is 10.1. The quantitative estimate of drug-likeness (QED) is 0.777. The van der Waals surface area contributed by atoms with Crippen LogP contribution in [0.15, 0.2) is 24.3 Å². The smallest absolute Gasteiger partial charge is 0.239 e. The lowest BCUT2D eigenvalue weighted by Gasteiger charge is -2.28. The molecule has 1 aromatic rings. The van der Waals surface area contributed by atoms with E-state index in [1.54, 1.807) is 7.11 Å². The third kappa shape index (κ3) is 5.65. The fourth-order valence-corrected chi connectivity index (χ4v) is 2.97. The van der Waals surface area contributed by atoms with Crippen molar-refractivity contribution in [3.05, 3.63) is 29.8 Å². The normalized spacial score (nSPS) is 17.9. The van der Waals surface area contributed by atoms with E-state index in [1.165, 1.54) is 0 Å². The van der Waals surface area contributed by atoms with Crippen LogP contribution in [0.25, 0.3) is 0 Å². The molecule has 0 saturated carbocycles. The first-order valence-electron chi connectivity index (χ1n) is 8.43. The average Bonchev–Trinajstić information content (AvgIpc) is 3.07. The highest BCUT2D eigenvalue weighted by Crippen LogP contribution is 2.22. The fourth-order valence-electron chi connectivity index (χ4n) is 2.97. The molecule has 5 nitrogen and oxygen atoms in total. The number of amides is 1. The van der Waals surface area contributed by atoms with Crippen molar-refractivity contribution in [1.29, 1.82) is 0 Å².